The van der Waals surface area contributed by atoms with Crippen molar-refractivity contribution >= 4 is 33.1 Å². The van der Waals surface area contributed by atoms with Crippen molar-refractivity contribution in [1.29, 1.82) is 0 Å². The van der Waals surface area contributed by atoms with Crippen LogP contribution >= 0.6 is 11.6 Å². The maximum absolute atomic E-state index is 14.2. The van der Waals surface area contributed by atoms with E-state index in [4.69, 9.17) is 22.1 Å². The highest BCUT2D eigenvalue weighted by Crippen LogP contribution is 2.35. The second kappa shape index (κ2) is 9.07. The molecular weight excluding hydrogens is 448 g/mol. The highest BCUT2D eigenvalue weighted by Gasteiger charge is 2.21. The zero-order valence-electron chi connectivity index (χ0n) is 16.7. The summed E-state index contributed by atoms with van der Waals surface area (Å²) in [5.41, 5.74) is 7.55. The Balaban J connectivity index is 1.86. The van der Waals surface area contributed by atoms with Crippen LogP contribution in [0.5, 0.6) is 5.75 Å². The highest BCUT2D eigenvalue weighted by molar-refractivity contribution is 7.92. The van der Waals surface area contributed by atoms with Crippen molar-refractivity contribution < 1.29 is 21.9 Å². The minimum Gasteiger partial charge on any atom is -0.482 e. The van der Waals surface area contributed by atoms with Gasteiger partial charge in [-0.25, -0.2) is 22.2 Å². The SMILES string of the molecule is CCS(=O)(=O)Nc1ccc(-c2cnc(N)c(OC(C)c3c(F)ccc(F)c3Cl)c2)cc1. The largest absolute Gasteiger partial charge is 0.482 e. The smallest absolute Gasteiger partial charge is 0.232 e. The van der Waals surface area contributed by atoms with Gasteiger partial charge in [-0.15, -0.1) is 0 Å². The van der Waals surface area contributed by atoms with Gasteiger partial charge in [-0.1, -0.05) is 23.7 Å². The highest BCUT2D eigenvalue weighted by atomic mass is 35.5. The van der Waals surface area contributed by atoms with Crippen molar-refractivity contribution in [3.63, 3.8) is 0 Å². The summed E-state index contributed by atoms with van der Waals surface area (Å²) in [6, 6.07) is 10.2. The van der Waals surface area contributed by atoms with Gasteiger partial charge in [0.1, 0.15) is 17.7 Å². The van der Waals surface area contributed by atoms with Gasteiger partial charge >= 0.3 is 0 Å². The van der Waals surface area contributed by atoms with Gasteiger partial charge in [0.15, 0.2) is 11.6 Å². The topological polar surface area (TPSA) is 94.3 Å². The van der Waals surface area contributed by atoms with Gasteiger partial charge in [0.25, 0.3) is 0 Å². The van der Waals surface area contributed by atoms with Crippen molar-refractivity contribution in [2.75, 3.05) is 16.2 Å². The maximum atomic E-state index is 14.2. The first-order chi connectivity index (χ1) is 14.6. The van der Waals surface area contributed by atoms with E-state index in [0.29, 0.717) is 11.3 Å². The molecule has 0 radical (unpaired) electrons. The molecule has 2 aromatic carbocycles. The first-order valence-corrected chi connectivity index (χ1v) is 11.3. The summed E-state index contributed by atoms with van der Waals surface area (Å²) in [6.07, 6.45) is 0.585. The molecule has 1 aromatic heterocycles. The molecule has 10 heteroatoms. The van der Waals surface area contributed by atoms with E-state index in [2.05, 4.69) is 9.71 Å². The van der Waals surface area contributed by atoms with Crippen LogP contribution in [0.1, 0.15) is 25.5 Å². The fraction of sp³-hybridized carbons (Fsp3) is 0.190. The molecular formula is C21H20ClF2N3O3S. The number of hydrogen-bond donors (Lipinski definition) is 2. The monoisotopic (exact) mass is 467 g/mol. The maximum Gasteiger partial charge on any atom is 0.232 e. The summed E-state index contributed by atoms with van der Waals surface area (Å²) in [5, 5.41) is -0.361. The molecule has 6 nitrogen and oxygen atoms in total. The van der Waals surface area contributed by atoms with E-state index in [1.807, 2.05) is 0 Å². The summed E-state index contributed by atoms with van der Waals surface area (Å²) in [5.74, 6) is -1.26. The van der Waals surface area contributed by atoms with E-state index in [1.165, 1.54) is 13.1 Å². The second-order valence-corrected chi connectivity index (χ2v) is 9.10. The molecule has 164 valence electrons. The van der Waals surface area contributed by atoms with Crippen molar-refractivity contribution in [2.24, 2.45) is 0 Å². The number of benzene rings is 2. The number of sulfonamides is 1. The molecule has 3 aromatic rings. The first-order valence-electron chi connectivity index (χ1n) is 9.27. The fourth-order valence-electron chi connectivity index (χ4n) is 2.85. The Morgan fingerprint density at radius 1 is 1.13 bits per heavy atom. The number of anilines is 2. The normalized spacial score (nSPS) is 12.4. The quantitative estimate of drug-likeness (QED) is 0.468. The van der Waals surface area contributed by atoms with E-state index in [1.54, 1.807) is 37.3 Å². The van der Waals surface area contributed by atoms with E-state index >= 15 is 0 Å². The van der Waals surface area contributed by atoms with Crippen LogP contribution in [0.25, 0.3) is 11.1 Å². The lowest BCUT2D eigenvalue weighted by molar-refractivity contribution is 0.221. The molecule has 1 heterocycles. The third kappa shape index (κ3) is 5.23. The number of ether oxygens (including phenoxy) is 1. The Labute approximate surface area is 184 Å². The zero-order valence-corrected chi connectivity index (χ0v) is 18.3. The van der Waals surface area contributed by atoms with Gasteiger partial charge in [-0.2, -0.15) is 0 Å². The number of nitrogens with two attached hydrogens (primary N) is 1. The van der Waals surface area contributed by atoms with Crippen LogP contribution in [0.2, 0.25) is 5.02 Å². The van der Waals surface area contributed by atoms with Crippen molar-refractivity contribution in [1.82, 2.24) is 4.98 Å². The predicted octanol–water partition coefficient (Wildman–Crippen LogP) is 5.16. The molecule has 0 aliphatic heterocycles. The van der Waals surface area contributed by atoms with Crippen LogP contribution in [0, 0.1) is 11.6 Å². The lowest BCUT2D eigenvalue weighted by Crippen LogP contribution is -2.14. The van der Waals surface area contributed by atoms with Gasteiger partial charge < -0.3 is 10.5 Å². The number of hydrogen-bond acceptors (Lipinski definition) is 5. The van der Waals surface area contributed by atoms with Crippen LogP contribution in [-0.4, -0.2) is 19.2 Å². The summed E-state index contributed by atoms with van der Waals surface area (Å²) in [4.78, 5) is 4.10. The minimum absolute atomic E-state index is 0.0363. The van der Waals surface area contributed by atoms with Gasteiger partial charge in [-0.05, 0) is 49.7 Å². The predicted molar refractivity (Wildman–Crippen MR) is 118 cm³/mol. The molecule has 0 aliphatic rings. The Bertz CT molecular complexity index is 1210. The summed E-state index contributed by atoms with van der Waals surface area (Å²) >= 11 is 5.91. The van der Waals surface area contributed by atoms with Crippen LogP contribution in [0.4, 0.5) is 20.3 Å². The van der Waals surface area contributed by atoms with Crippen molar-refractivity contribution in [3.8, 4) is 16.9 Å². The average Bonchev–Trinajstić information content (AvgIpc) is 2.73. The standard InChI is InChI=1S/C21H20ClF2N3O3S/c1-3-31(28,29)27-15-6-4-13(5-7-15)14-10-18(21(25)26-11-14)30-12(2)19-16(23)8-9-17(24)20(19)22/h4-12,27H,3H2,1-2H3,(H2,25,26). The van der Waals surface area contributed by atoms with Crippen LogP contribution in [0.15, 0.2) is 48.7 Å². The third-order valence-corrected chi connectivity index (χ3v) is 6.23. The molecule has 0 aliphatic carbocycles. The third-order valence-electron chi connectivity index (χ3n) is 4.54. The number of pyridine rings is 1. The molecule has 0 bridgehead atoms. The van der Waals surface area contributed by atoms with E-state index in [9.17, 15) is 17.2 Å². The van der Waals surface area contributed by atoms with E-state index < -0.39 is 27.8 Å². The van der Waals surface area contributed by atoms with E-state index in [-0.39, 0.29) is 27.9 Å². The molecule has 0 fully saturated rings. The second-order valence-electron chi connectivity index (χ2n) is 6.71. The lowest BCUT2D eigenvalue weighted by Gasteiger charge is -2.19. The molecule has 3 rings (SSSR count). The van der Waals surface area contributed by atoms with Crippen molar-refractivity contribution in [3.05, 3.63) is 70.9 Å². The summed E-state index contributed by atoms with van der Waals surface area (Å²) < 4.78 is 59.5. The van der Waals surface area contributed by atoms with Crippen LogP contribution in [-0.2, 0) is 10.0 Å². The number of nitrogens with one attached hydrogen (secondary N) is 1. The summed E-state index contributed by atoms with van der Waals surface area (Å²) in [7, 11) is -3.38. The molecule has 0 saturated heterocycles. The number of rotatable bonds is 7. The molecule has 31 heavy (non-hydrogen) atoms. The molecule has 1 atom stereocenters. The van der Waals surface area contributed by atoms with Crippen LogP contribution in [0.3, 0.4) is 0 Å². The van der Waals surface area contributed by atoms with E-state index in [0.717, 1.165) is 17.7 Å². The lowest BCUT2D eigenvalue weighted by atomic mass is 10.1. The Hall–Kier alpha value is -2.91. The number of aromatic nitrogens is 1. The molecule has 1 unspecified atom stereocenters. The van der Waals surface area contributed by atoms with Crippen LogP contribution < -0.4 is 15.2 Å². The molecule has 0 spiro atoms. The molecule has 0 amide bonds. The number of nitrogen functional groups attached to an aromatic ring is 1. The van der Waals surface area contributed by atoms with Gasteiger partial charge in [-0.3, -0.25) is 4.72 Å². The molecule has 3 N–H and O–H groups in total. The first kappa shape index (κ1) is 22.8. The number of halogens is 3. The summed E-state index contributed by atoms with van der Waals surface area (Å²) in [6.45, 7) is 3.06. The van der Waals surface area contributed by atoms with Gasteiger partial charge in [0.2, 0.25) is 10.0 Å². The average molecular weight is 468 g/mol. The Kier molecular flexibility index (Phi) is 6.66. The van der Waals surface area contributed by atoms with Crippen molar-refractivity contribution in [2.45, 2.75) is 20.0 Å². The van der Waals surface area contributed by atoms with Gasteiger partial charge in [0.05, 0.1) is 10.8 Å². The molecule has 0 saturated carbocycles. The zero-order chi connectivity index (χ0) is 22.8. The Morgan fingerprint density at radius 2 is 1.77 bits per heavy atom. The van der Waals surface area contributed by atoms with Gasteiger partial charge in [0, 0.05) is 23.0 Å². The minimum atomic E-state index is -3.38. The Morgan fingerprint density at radius 3 is 2.42 bits per heavy atom. The fourth-order valence-corrected chi connectivity index (χ4v) is 3.80. The number of nitrogens with zero attached hydrogens (tertiary/aromatic N) is 1.